The molecule has 1 amide bonds. The van der Waals surface area contributed by atoms with Crippen molar-refractivity contribution < 1.29 is 14.3 Å². The minimum Gasteiger partial charge on any atom is -0.384 e. The molecule has 1 aliphatic heterocycles. The van der Waals surface area contributed by atoms with Gasteiger partial charge in [0.25, 0.3) is 5.91 Å². The molecule has 1 aromatic carbocycles. The van der Waals surface area contributed by atoms with Gasteiger partial charge in [0.1, 0.15) is 12.4 Å². The van der Waals surface area contributed by atoms with Gasteiger partial charge in [0.2, 0.25) is 0 Å². The highest BCUT2D eigenvalue weighted by atomic mass is 32.2. The number of halogens is 1. The highest BCUT2D eigenvalue weighted by Gasteiger charge is 2.21. The van der Waals surface area contributed by atoms with Gasteiger partial charge >= 0.3 is 0 Å². The number of hydrogen-bond donors (Lipinski definition) is 1. The lowest BCUT2D eigenvalue weighted by atomic mass is 10.1. The van der Waals surface area contributed by atoms with E-state index >= 15 is 0 Å². The molecule has 0 spiro atoms. The van der Waals surface area contributed by atoms with Gasteiger partial charge in [0.05, 0.1) is 5.56 Å². The number of amides is 1. The number of hydrogen-bond acceptors (Lipinski definition) is 3. The number of nitrogens with zero attached hydrogens (tertiary/aromatic N) is 1. The Balaban J connectivity index is 2.18. The van der Waals surface area contributed by atoms with Gasteiger partial charge < -0.3 is 10.0 Å². The number of carbonyl (C=O) groups excluding carboxylic acids is 1. The average Bonchev–Trinajstić information content (AvgIpc) is 2.45. The van der Waals surface area contributed by atoms with Crippen LogP contribution in [0, 0.1) is 17.7 Å². The standard InChI is InChI=1S/C14H14FNO2S/c15-13-10-11(2-1-7-17)3-4-12(13)14(18)16-5-8-19-9-6-16/h3-4,10,17H,5-9H2. The van der Waals surface area contributed by atoms with Crippen molar-refractivity contribution in [2.75, 3.05) is 31.2 Å². The van der Waals surface area contributed by atoms with Gasteiger partial charge in [-0.25, -0.2) is 4.39 Å². The van der Waals surface area contributed by atoms with Crippen molar-refractivity contribution in [2.24, 2.45) is 0 Å². The molecule has 5 heteroatoms. The number of aliphatic hydroxyl groups excluding tert-OH is 1. The van der Waals surface area contributed by atoms with Gasteiger partial charge in [-0.3, -0.25) is 4.79 Å². The molecule has 0 atom stereocenters. The number of aliphatic hydroxyl groups is 1. The smallest absolute Gasteiger partial charge is 0.256 e. The van der Waals surface area contributed by atoms with Crippen LogP contribution in [0.5, 0.6) is 0 Å². The van der Waals surface area contributed by atoms with E-state index in [-0.39, 0.29) is 18.1 Å². The quantitative estimate of drug-likeness (QED) is 0.789. The second kappa shape index (κ2) is 6.60. The maximum atomic E-state index is 13.9. The first-order chi connectivity index (χ1) is 9.22. The van der Waals surface area contributed by atoms with E-state index in [0.29, 0.717) is 18.7 Å². The Labute approximate surface area is 115 Å². The molecular formula is C14H14FNO2S. The predicted molar refractivity (Wildman–Crippen MR) is 73.6 cm³/mol. The van der Waals surface area contributed by atoms with Crippen LogP contribution in [0.25, 0.3) is 0 Å². The van der Waals surface area contributed by atoms with Gasteiger partial charge in [-0.15, -0.1) is 0 Å². The molecule has 1 saturated heterocycles. The zero-order valence-electron chi connectivity index (χ0n) is 10.4. The SMILES string of the molecule is O=C(c1ccc(C#CCO)cc1F)N1CCSCC1. The minimum atomic E-state index is -0.562. The van der Waals surface area contributed by atoms with Crippen LogP contribution in [0.1, 0.15) is 15.9 Å². The maximum Gasteiger partial charge on any atom is 0.256 e. The summed E-state index contributed by atoms with van der Waals surface area (Å²) in [5, 5.41) is 8.58. The number of carbonyl (C=O) groups is 1. The van der Waals surface area contributed by atoms with Crippen molar-refractivity contribution in [3.05, 3.63) is 35.1 Å². The largest absolute Gasteiger partial charge is 0.384 e. The van der Waals surface area contributed by atoms with Crippen LogP contribution in [0.4, 0.5) is 4.39 Å². The summed E-state index contributed by atoms with van der Waals surface area (Å²) in [5.74, 6) is 6.02. The Kier molecular flexibility index (Phi) is 4.83. The van der Waals surface area contributed by atoms with Crippen LogP contribution < -0.4 is 0 Å². The Morgan fingerprint density at radius 3 is 2.79 bits per heavy atom. The molecule has 3 nitrogen and oxygen atoms in total. The van der Waals surface area contributed by atoms with E-state index < -0.39 is 5.82 Å². The Hall–Kier alpha value is -1.51. The number of benzene rings is 1. The summed E-state index contributed by atoms with van der Waals surface area (Å²) in [7, 11) is 0. The van der Waals surface area contributed by atoms with Crippen molar-refractivity contribution in [1.82, 2.24) is 4.90 Å². The number of rotatable bonds is 1. The Bertz CT molecular complexity index is 530. The first-order valence-corrected chi connectivity index (χ1v) is 7.14. The molecule has 0 unspecified atom stereocenters. The lowest BCUT2D eigenvalue weighted by Crippen LogP contribution is -2.38. The van der Waals surface area contributed by atoms with E-state index in [9.17, 15) is 9.18 Å². The van der Waals surface area contributed by atoms with Gasteiger partial charge in [-0.05, 0) is 18.2 Å². The molecule has 0 bridgehead atoms. The molecule has 2 rings (SSSR count). The zero-order chi connectivity index (χ0) is 13.7. The van der Waals surface area contributed by atoms with Crippen molar-refractivity contribution in [3.8, 4) is 11.8 Å². The van der Waals surface area contributed by atoms with Gasteiger partial charge in [0, 0.05) is 30.2 Å². The molecule has 19 heavy (non-hydrogen) atoms. The van der Waals surface area contributed by atoms with Crippen LogP contribution in [0.3, 0.4) is 0 Å². The molecule has 0 aliphatic carbocycles. The van der Waals surface area contributed by atoms with E-state index in [1.165, 1.54) is 12.1 Å². The predicted octanol–water partition coefficient (Wildman–Crippen LogP) is 1.36. The maximum absolute atomic E-state index is 13.9. The molecule has 1 fully saturated rings. The highest BCUT2D eigenvalue weighted by Crippen LogP contribution is 2.16. The third kappa shape index (κ3) is 3.49. The van der Waals surface area contributed by atoms with E-state index in [4.69, 9.17) is 5.11 Å². The van der Waals surface area contributed by atoms with E-state index in [2.05, 4.69) is 11.8 Å². The van der Waals surface area contributed by atoms with Crippen LogP contribution in [0.2, 0.25) is 0 Å². The van der Waals surface area contributed by atoms with E-state index in [1.807, 2.05) is 0 Å². The van der Waals surface area contributed by atoms with Gasteiger partial charge in [-0.1, -0.05) is 11.8 Å². The monoisotopic (exact) mass is 279 g/mol. The van der Waals surface area contributed by atoms with Crippen molar-refractivity contribution in [2.45, 2.75) is 0 Å². The fourth-order valence-corrected chi connectivity index (χ4v) is 2.75. The Morgan fingerprint density at radius 1 is 1.42 bits per heavy atom. The first kappa shape index (κ1) is 13.9. The molecule has 1 aromatic rings. The Morgan fingerprint density at radius 2 is 2.16 bits per heavy atom. The lowest BCUT2D eigenvalue weighted by Gasteiger charge is -2.26. The molecule has 0 aromatic heterocycles. The third-order valence-corrected chi connectivity index (χ3v) is 3.75. The van der Waals surface area contributed by atoms with Crippen LogP contribution >= 0.6 is 11.8 Å². The molecular weight excluding hydrogens is 265 g/mol. The molecule has 0 saturated carbocycles. The molecule has 1 aliphatic rings. The second-order valence-corrected chi connectivity index (χ2v) is 5.28. The third-order valence-electron chi connectivity index (χ3n) is 2.81. The number of thioether (sulfide) groups is 1. The molecule has 100 valence electrons. The summed E-state index contributed by atoms with van der Waals surface area (Å²) in [6, 6.07) is 4.28. The van der Waals surface area contributed by atoms with Crippen LogP contribution in [0.15, 0.2) is 18.2 Å². The normalized spacial score (nSPS) is 14.7. The van der Waals surface area contributed by atoms with E-state index in [0.717, 1.165) is 11.5 Å². The van der Waals surface area contributed by atoms with Gasteiger partial charge in [0.15, 0.2) is 0 Å². The summed E-state index contributed by atoms with van der Waals surface area (Å²) in [6.45, 7) is 1.05. The first-order valence-electron chi connectivity index (χ1n) is 5.98. The topological polar surface area (TPSA) is 40.5 Å². The summed E-state index contributed by atoms with van der Waals surface area (Å²) in [6.07, 6.45) is 0. The summed E-state index contributed by atoms with van der Waals surface area (Å²) < 4.78 is 13.9. The minimum absolute atomic E-state index is 0.0847. The summed E-state index contributed by atoms with van der Waals surface area (Å²) in [4.78, 5) is 13.8. The lowest BCUT2D eigenvalue weighted by molar-refractivity contribution is 0.0767. The van der Waals surface area contributed by atoms with Crippen LogP contribution in [-0.4, -0.2) is 47.1 Å². The van der Waals surface area contributed by atoms with E-state index in [1.54, 1.807) is 22.7 Å². The van der Waals surface area contributed by atoms with Gasteiger partial charge in [-0.2, -0.15) is 11.8 Å². The van der Waals surface area contributed by atoms with Crippen molar-refractivity contribution in [3.63, 3.8) is 0 Å². The highest BCUT2D eigenvalue weighted by molar-refractivity contribution is 7.99. The second-order valence-electron chi connectivity index (χ2n) is 4.06. The fourth-order valence-electron chi connectivity index (χ4n) is 1.84. The molecule has 0 radical (unpaired) electrons. The van der Waals surface area contributed by atoms with Crippen molar-refractivity contribution >= 4 is 17.7 Å². The zero-order valence-corrected chi connectivity index (χ0v) is 11.2. The van der Waals surface area contributed by atoms with Crippen LogP contribution in [-0.2, 0) is 0 Å². The van der Waals surface area contributed by atoms with Crippen molar-refractivity contribution in [1.29, 1.82) is 0 Å². The molecule has 1 heterocycles. The summed E-state index contributed by atoms with van der Waals surface area (Å²) >= 11 is 1.80. The molecule has 1 N–H and O–H groups in total. The summed E-state index contributed by atoms with van der Waals surface area (Å²) in [5.41, 5.74) is 0.541. The fraction of sp³-hybridized carbons (Fsp3) is 0.357. The average molecular weight is 279 g/mol.